The molecule has 162 valence electrons. The Morgan fingerprint density at radius 3 is 2.87 bits per heavy atom. The summed E-state index contributed by atoms with van der Waals surface area (Å²) in [6.07, 6.45) is 2.23. The maximum absolute atomic E-state index is 12.3. The van der Waals surface area contributed by atoms with Crippen LogP contribution < -0.4 is 14.8 Å². The van der Waals surface area contributed by atoms with Crippen LogP contribution in [0.5, 0.6) is 11.5 Å². The highest BCUT2D eigenvalue weighted by Gasteiger charge is 2.24. The van der Waals surface area contributed by atoms with Crippen molar-refractivity contribution < 1.29 is 18.7 Å². The minimum atomic E-state index is -0.297. The second-order valence-corrected chi connectivity index (χ2v) is 8.03. The monoisotopic (exact) mass is 443 g/mol. The molecule has 31 heavy (non-hydrogen) atoms. The maximum Gasteiger partial charge on any atom is 0.287 e. The standard InChI is InChI=1S/C21H22ClN5O4/c1-13(23-21(28)16-3-2-8-29-16)20-25-24-19-4-5-26(6-7-27(19)20)11-14-9-17-18(10-15(14)22)31-12-30-17/h2-3,8-10,13H,4-7,11-12H2,1H3,(H,23,28). The number of fused-ring (bicyclic) bond motifs is 2. The lowest BCUT2D eigenvalue weighted by Gasteiger charge is -2.21. The topological polar surface area (TPSA) is 94.7 Å². The number of carbonyl (C=O) groups excluding carboxylic acids is 1. The number of nitrogens with one attached hydrogen (secondary N) is 1. The molecule has 1 unspecified atom stereocenters. The van der Waals surface area contributed by atoms with Crippen molar-refractivity contribution in [3.05, 3.63) is 58.5 Å². The van der Waals surface area contributed by atoms with E-state index in [0.717, 1.165) is 49.0 Å². The van der Waals surface area contributed by atoms with Crippen LogP contribution in [0.1, 0.15) is 40.7 Å². The van der Waals surface area contributed by atoms with Gasteiger partial charge in [-0.2, -0.15) is 0 Å². The van der Waals surface area contributed by atoms with Gasteiger partial charge >= 0.3 is 0 Å². The molecule has 0 bridgehead atoms. The van der Waals surface area contributed by atoms with Crippen LogP contribution >= 0.6 is 11.6 Å². The van der Waals surface area contributed by atoms with Crippen molar-refractivity contribution in [2.24, 2.45) is 0 Å². The van der Waals surface area contributed by atoms with E-state index in [1.807, 2.05) is 19.1 Å². The smallest absolute Gasteiger partial charge is 0.287 e. The summed E-state index contributed by atoms with van der Waals surface area (Å²) >= 11 is 6.46. The SMILES string of the molecule is CC(NC(=O)c1ccco1)c1nnc2n1CCN(Cc1cc3c(cc1Cl)OCO3)CC2. The zero-order valence-electron chi connectivity index (χ0n) is 17.0. The van der Waals surface area contributed by atoms with Gasteiger partial charge in [-0.3, -0.25) is 9.69 Å². The normalized spacial score (nSPS) is 16.6. The van der Waals surface area contributed by atoms with Crippen molar-refractivity contribution in [3.8, 4) is 11.5 Å². The molecule has 1 aromatic carbocycles. The molecule has 2 aliphatic heterocycles. The first-order valence-corrected chi connectivity index (χ1v) is 10.5. The molecule has 0 saturated heterocycles. The Balaban J connectivity index is 1.26. The summed E-state index contributed by atoms with van der Waals surface area (Å²) in [4.78, 5) is 14.6. The quantitative estimate of drug-likeness (QED) is 0.647. The van der Waals surface area contributed by atoms with Crippen molar-refractivity contribution in [3.63, 3.8) is 0 Å². The van der Waals surface area contributed by atoms with Crippen LogP contribution in [0.4, 0.5) is 0 Å². The average Bonchev–Trinajstić information content (AvgIpc) is 3.49. The van der Waals surface area contributed by atoms with E-state index in [0.29, 0.717) is 17.3 Å². The lowest BCUT2D eigenvalue weighted by molar-refractivity contribution is 0.0909. The van der Waals surface area contributed by atoms with Gasteiger partial charge in [-0.05, 0) is 30.7 Å². The van der Waals surface area contributed by atoms with E-state index in [4.69, 9.17) is 25.5 Å². The fourth-order valence-corrected chi connectivity index (χ4v) is 4.14. The summed E-state index contributed by atoms with van der Waals surface area (Å²) in [5.41, 5.74) is 1.00. The summed E-state index contributed by atoms with van der Waals surface area (Å²) < 4.78 is 18.1. The molecule has 1 N–H and O–H groups in total. The van der Waals surface area contributed by atoms with E-state index in [2.05, 4.69) is 25.0 Å². The maximum atomic E-state index is 12.3. The van der Waals surface area contributed by atoms with Gasteiger partial charge < -0.3 is 23.8 Å². The summed E-state index contributed by atoms with van der Waals surface area (Å²) in [5, 5.41) is 12.3. The predicted molar refractivity (Wildman–Crippen MR) is 111 cm³/mol. The minimum absolute atomic E-state index is 0.227. The third kappa shape index (κ3) is 3.98. The molecule has 0 fully saturated rings. The second kappa shape index (κ2) is 8.24. The van der Waals surface area contributed by atoms with Crippen molar-refractivity contribution in [2.45, 2.75) is 32.5 Å². The zero-order valence-corrected chi connectivity index (χ0v) is 17.8. The molecule has 2 aliphatic rings. The molecule has 0 spiro atoms. The highest BCUT2D eigenvalue weighted by Crippen LogP contribution is 2.37. The van der Waals surface area contributed by atoms with Gasteiger partial charge in [0.25, 0.3) is 5.91 Å². The second-order valence-electron chi connectivity index (χ2n) is 7.62. The molecule has 1 atom stereocenters. The molecule has 0 radical (unpaired) electrons. The van der Waals surface area contributed by atoms with Gasteiger partial charge in [0.05, 0.1) is 12.3 Å². The van der Waals surface area contributed by atoms with Gasteiger partial charge in [0.15, 0.2) is 23.1 Å². The number of carbonyl (C=O) groups is 1. The first-order chi connectivity index (χ1) is 15.1. The van der Waals surface area contributed by atoms with Crippen molar-refractivity contribution >= 4 is 17.5 Å². The Labute approximate surface area is 183 Å². The van der Waals surface area contributed by atoms with Crippen LogP contribution in [0.3, 0.4) is 0 Å². The third-order valence-electron chi connectivity index (χ3n) is 5.56. The van der Waals surface area contributed by atoms with E-state index >= 15 is 0 Å². The molecular formula is C21H22ClN5O4. The van der Waals surface area contributed by atoms with Crippen LogP contribution in [0.15, 0.2) is 34.9 Å². The first-order valence-electron chi connectivity index (χ1n) is 10.1. The van der Waals surface area contributed by atoms with Gasteiger partial charge in [-0.15, -0.1) is 10.2 Å². The van der Waals surface area contributed by atoms with Crippen molar-refractivity contribution in [2.75, 3.05) is 19.9 Å². The van der Waals surface area contributed by atoms with Gasteiger partial charge in [-0.25, -0.2) is 0 Å². The number of aromatic nitrogens is 3. The Morgan fingerprint density at radius 2 is 2.06 bits per heavy atom. The van der Waals surface area contributed by atoms with E-state index < -0.39 is 0 Å². The van der Waals surface area contributed by atoms with Crippen LogP contribution in [0, 0.1) is 0 Å². The number of nitrogens with zero attached hydrogens (tertiary/aromatic N) is 4. The third-order valence-corrected chi connectivity index (χ3v) is 5.91. The molecule has 0 aliphatic carbocycles. The molecular weight excluding hydrogens is 422 g/mol. The number of amides is 1. The van der Waals surface area contributed by atoms with Gasteiger partial charge in [0.1, 0.15) is 5.82 Å². The Kier molecular flexibility index (Phi) is 5.29. The molecule has 5 rings (SSSR count). The van der Waals surface area contributed by atoms with Gasteiger partial charge in [0.2, 0.25) is 6.79 Å². The van der Waals surface area contributed by atoms with E-state index in [1.54, 1.807) is 12.1 Å². The highest BCUT2D eigenvalue weighted by molar-refractivity contribution is 6.31. The molecule has 1 amide bonds. The zero-order chi connectivity index (χ0) is 21.4. The summed E-state index contributed by atoms with van der Waals surface area (Å²) in [6.45, 7) is 5.18. The van der Waals surface area contributed by atoms with Crippen LogP contribution in [0.25, 0.3) is 0 Å². The van der Waals surface area contributed by atoms with Crippen LogP contribution in [0.2, 0.25) is 5.02 Å². The van der Waals surface area contributed by atoms with Crippen molar-refractivity contribution in [1.29, 1.82) is 0 Å². The summed E-state index contributed by atoms with van der Waals surface area (Å²) in [5.74, 6) is 3.06. The number of ether oxygens (including phenoxy) is 2. The number of rotatable bonds is 5. The van der Waals surface area contributed by atoms with E-state index in [1.165, 1.54) is 6.26 Å². The average molecular weight is 444 g/mol. The Bertz CT molecular complexity index is 1100. The van der Waals surface area contributed by atoms with Gasteiger partial charge in [-0.1, -0.05) is 11.6 Å². The lowest BCUT2D eigenvalue weighted by Crippen LogP contribution is -2.30. The summed E-state index contributed by atoms with van der Waals surface area (Å²) in [7, 11) is 0. The molecule has 2 aromatic heterocycles. The molecule has 0 saturated carbocycles. The summed E-state index contributed by atoms with van der Waals surface area (Å²) in [6, 6.07) is 6.78. The van der Waals surface area contributed by atoms with E-state index in [9.17, 15) is 4.79 Å². The van der Waals surface area contributed by atoms with Crippen LogP contribution in [-0.2, 0) is 19.5 Å². The number of halogens is 1. The van der Waals surface area contributed by atoms with Crippen LogP contribution in [-0.4, -0.2) is 45.5 Å². The highest BCUT2D eigenvalue weighted by atomic mass is 35.5. The Hall–Kier alpha value is -3.04. The largest absolute Gasteiger partial charge is 0.459 e. The minimum Gasteiger partial charge on any atom is -0.459 e. The first kappa shape index (κ1) is 19.9. The molecule has 4 heterocycles. The van der Waals surface area contributed by atoms with E-state index in [-0.39, 0.29) is 24.5 Å². The molecule has 10 heteroatoms. The number of hydrogen-bond acceptors (Lipinski definition) is 7. The van der Waals surface area contributed by atoms with Crippen molar-refractivity contribution in [1.82, 2.24) is 25.0 Å². The van der Waals surface area contributed by atoms with Gasteiger partial charge in [0, 0.05) is 43.7 Å². The number of furan rings is 1. The Morgan fingerprint density at radius 1 is 1.23 bits per heavy atom. The molecule has 3 aromatic rings. The predicted octanol–water partition coefficient (Wildman–Crippen LogP) is 2.80. The fourth-order valence-electron chi connectivity index (χ4n) is 3.93. The molecule has 9 nitrogen and oxygen atoms in total. The number of benzene rings is 1. The lowest BCUT2D eigenvalue weighted by atomic mass is 10.2. The fraction of sp³-hybridized carbons (Fsp3) is 0.381. The number of hydrogen-bond donors (Lipinski definition) is 1.